The number of benzene rings is 1. The van der Waals surface area contributed by atoms with Crippen LogP contribution in [0.25, 0.3) is 0 Å². The Kier molecular flexibility index (Phi) is 16.2. The summed E-state index contributed by atoms with van der Waals surface area (Å²) in [5.74, 6) is 0.00805. The van der Waals surface area contributed by atoms with Gasteiger partial charge in [-0.1, -0.05) is 116 Å². The molecule has 0 saturated carbocycles. The zero-order valence-corrected chi connectivity index (χ0v) is 29.6. The summed E-state index contributed by atoms with van der Waals surface area (Å²) < 4.78 is 26.6. The second kappa shape index (κ2) is 18.5. The number of hydrogen-bond acceptors (Lipinski definition) is 5. The van der Waals surface area contributed by atoms with Crippen LogP contribution in [0, 0.1) is 5.92 Å². The molecule has 1 saturated heterocycles. The molecule has 1 heterocycles. The lowest BCUT2D eigenvalue weighted by atomic mass is 9.86. The molecule has 42 heavy (non-hydrogen) atoms. The van der Waals surface area contributed by atoms with Crippen molar-refractivity contribution >= 4 is 16.6 Å². The second-order valence-electron chi connectivity index (χ2n) is 12.1. The van der Waals surface area contributed by atoms with E-state index in [-0.39, 0.29) is 24.2 Å². The van der Waals surface area contributed by atoms with Crippen molar-refractivity contribution in [3.8, 4) is 0 Å². The Bertz CT molecular complexity index is 927. The lowest BCUT2D eigenvalue weighted by Gasteiger charge is -2.47. The molecule has 0 unspecified atom stereocenters. The van der Waals surface area contributed by atoms with Crippen LogP contribution in [0.4, 0.5) is 0 Å². The SMILES string of the molecule is C=C/C=C/[C@H](CC(=C)C[C@H]1O[C@@H](COCc2ccccc2)[C@H](C)[C@@H](O[Si](CC)(CC)CC)[C@@H]1O)O[Si](CC)(CC)CC. The molecule has 2 rings (SSSR count). The maximum Gasteiger partial charge on any atom is 0.192 e. The first kappa shape index (κ1) is 36.9. The summed E-state index contributed by atoms with van der Waals surface area (Å²) in [7, 11) is -3.78. The lowest BCUT2D eigenvalue weighted by Crippen LogP contribution is -2.59. The summed E-state index contributed by atoms with van der Waals surface area (Å²) in [6.45, 7) is 24.9. The van der Waals surface area contributed by atoms with Crippen LogP contribution in [0.3, 0.4) is 0 Å². The van der Waals surface area contributed by atoms with Crippen LogP contribution in [-0.2, 0) is 24.9 Å². The minimum absolute atomic E-state index is 0.00805. The first-order valence-electron chi connectivity index (χ1n) is 16.4. The highest BCUT2D eigenvalue weighted by atomic mass is 28.4. The van der Waals surface area contributed by atoms with Crippen LogP contribution in [0.5, 0.6) is 0 Å². The predicted octanol–water partition coefficient (Wildman–Crippen LogP) is 8.83. The van der Waals surface area contributed by atoms with Crippen LogP contribution in [0.15, 0.2) is 67.3 Å². The van der Waals surface area contributed by atoms with Gasteiger partial charge in [0.15, 0.2) is 16.6 Å². The number of aliphatic hydroxyl groups is 1. The smallest absolute Gasteiger partial charge is 0.192 e. The van der Waals surface area contributed by atoms with Crippen LogP contribution in [0.1, 0.15) is 66.9 Å². The topological polar surface area (TPSA) is 57.2 Å². The molecule has 6 atom stereocenters. The average Bonchev–Trinajstić information content (AvgIpc) is 3.01. The Labute approximate surface area is 259 Å². The highest BCUT2D eigenvalue weighted by Crippen LogP contribution is 2.36. The minimum Gasteiger partial charge on any atom is -0.411 e. The molecular weight excluding hydrogens is 557 g/mol. The molecule has 1 N–H and O–H groups in total. The van der Waals surface area contributed by atoms with E-state index < -0.39 is 28.8 Å². The number of rotatable bonds is 20. The molecule has 1 aromatic rings. The Morgan fingerprint density at radius 1 is 0.952 bits per heavy atom. The van der Waals surface area contributed by atoms with Gasteiger partial charge in [0.05, 0.1) is 37.6 Å². The normalized spacial score (nSPS) is 24.1. The largest absolute Gasteiger partial charge is 0.411 e. The van der Waals surface area contributed by atoms with Crippen LogP contribution in [-0.4, -0.2) is 58.9 Å². The summed E-state index contributed by atoms with van der Waals surface area (Å²) in [5.41, 5.74) is 2.16. The summed E-state index contributed by atoms with van der Waals surface area (Å²) in [6, 6.07) is 16.6. The monoisotopic (exact) mass is 616 g/mol. The Balaban J connectivity index is 2.23. The maximum atomic E-state index is 11.7. The summed E-state index contributed by atoms with van der Waals surface area (Å²) >= 11 is 0. The van der Waals surface area contributed by atoms with Crippen LogP contribution >= 0.6 is 0 Å². The highest BCUT2D eigenvalue weighted by molar-refractivity contribution is 6.74. The third-order valence-electron chi connectivity index (χ3n) is 9.66. The van der Waals surface area contributed by atoms with E-state index in [2.05, 4.69) is 79.8 Å². The Hall–Kier alpha value is -1.33. The van der Waals surface area contributed by atoms with E-state index in [1.54, 1.807) is 6.08 Å². The van der Waals surface area contributed by atoms with Crippen molar-refractivity contribution in [1.29, 1.82) is 0 Å². The van der Waals surface area contributed by atoms with Gasteiger partial charge in [-0.05, 0) is 54.7 Å². The molecular formula is C35H60O5Si2. The van der Waals surface area contributed by atoms with Gasteiger partial charge in [-0.15, -0.1) is 0 Å². The minimum atomic E-state index is -1.96. The molecule has 238 valence electrons. The van der Waals surface area contributed by atoms with Gasteiger partial charge >= 0.3 is 0 Å². The zero-order chi connectivity index (χ0) is 31.2. The van der Waals surface area contributed by atoms with E-state index in [1.165, 1.54) is 0 Å². The molecule has 0 aliphatic carbocycles. The predicted molar refractivity (Wildman–Crippen MR) is 182 cm³/mol. The van der Waals surface area contributed by atoms with Gasteiger partial charge in [-0.2, -0.15) is 0 Å². The van der Waals surface area contributed by atoms with Crippen LogP contribution in [0.2, 0.25) is 36.3 Å². The van der Waals surface area contributed by atoms with Crippen molar-refractivity contribution in [2.24, 2.45) is 5.92 Å². The molecule has 1 fully saturated rings. The molecule has 0 bridgehead atoms. The standard InChI is InChI=1S/C35H60O5Si2/c1-10-17-23-31(39-41(11-2,12-3)13-4)24-28(8)25-32-34(36)35(40-42(14-5,15-6)16-7)29(9)33(38-32)27-37-26-30-21-19-18-20-22-30/h10,17-23,29,31-36H,1,8,11-16,24-27H2,2-7,9H3/b23-17+/t29-,31+,32+,33-,34+,35+/m0/s1. The molecule has 0 radical (unpaired) electrons. The third-order valence-corrected chi connectivity index (χ3v) is 19.0. The van der Waals surface area contributed by atoms with Gasteiger partial charge in [0, 0.05) is 5.92 Å². The van der Waals surface area contributed by atoms with Gasteiger partial charge in [0.25, 0.3) is 0 Å². The van der Waals surface area contributed by atoms with Gasteiger partial charge in [0.2, 0.25) is 0 Å². The van der Waals surface area contributed by atoms with E-state index in [0.717, 1.165) is 47.4 Å². The number of aliphatic hydroxyl groups excluding tert-OH is 1. The van der Waals surface area contributed by atoms with Crippen molar-refractivity contribution in [1.82, 2.24) is 0 Å². The van der Waals surface area contributed by atoms with Crippen LogP contribution < -0.4 is 0 Å². The number of allylic oxidation sites excluding steroid dienone is 2. The highest BCUT2D eigenvalue weighted by Gasteiger charge is 2.47. The molecule has 1 aliphatic heterocycles. The summed E-state index contributed by atoms with van der Waals surface area (Å²) in [5, 5.41) is 11.7. The molecule has 0 aromatic heterocycles. The molecule has 0 amide bonds. The van der Waals surface area contributed by atoms with Gasteiger partial charge < -0.3 is 23.4 Å². The van der Waals surface area contributed by atoms with Crippen molar-refractivity contribution in [3.63, 3.8) is 0 Å². The Morgan fingerprint density at radius 2 is 1.55 bits per heavy atom. The fourth-order valence-corrected chi connectivity index (χ4v) is 11.9. The summed E-state index contributed by atoms with van der Waals surface area (Å²) in [6.07, 6.45) is 5.48. The first-order chi connectivity index (χ1) is 20.2. The van der Waals surface area contributed by atoms with Gasteiger partial charge in [0.1, 0.15) is 6.10 Å². The second-order valence-corrected chi connectivity index (χ2v) is 21.5. The maximum absolute atomic E-state index is 11.7. The van der Waals surface area contributed by atoms with Crippen molar-refractivity contribution in [3.05, 3.63) is 72.9 Å². The van der Waals surface area contributed by atoms with Gasteiger partial charge in [-0.25, -0.2) is 0 Å². The van der Waals surface area contributed by atoms with E-state index in [9.17, 15) is 5.11 Å². The molecule has 7 heteroatoms. The molecule has 1 aromatic carbocycles. The van der Waals surface area contributed by atoms with Crippen molar-refractivity contribution in [2.75, 3.05) is 6.61 Å². The molecule has 1 aliphatic rings. The number of hydrogen-bond donors (Lipinski definition) is 1. The van der Waals surface area contributed by atoms with Crippen molar-refractivity contribution < 1.29 is 23.4 Å². The van der Waals surface area contributed by atoms with E-state index >= 15 is 0 Å². The average molecular weight is 617 g/mol. The zero-order valence-electron chi connectivity index (χ0n) is 27.6. The van der Waals surface area contributed by atoms with E-state index in [1.807, 2.05) is 24.3 Å². The third kappa shape index (κ3) is 10.4. The fraction of sp³-hybridized carbons (Fsp3) is 0.657. The Morgan fingerprint density at radius 3 is 2.10 bits per heavy atom. The molecule has 0 spiro atoms. The lowest BCUT2D eigenvalue weighted by molar-refractivity contribution is -0.204. The summed E-state index contributed by atoms with van der Waals surface area (Å²) in [4.78, 5) is 0. The molecule has 5 nitrogen and oxygen atoms in total. The quantitative estimate of drug-likeness (QED) is 0.0901. The van der Waals surface area contributed by atoms with Gasteiger partial charge in [-0.3, -0.25) is 0 Å². The van der Waals surface area contributed by atoms with E-state index in [4.69, 9.17) is 18.3 Å². The first-order valence-corrected chi connectivity index (χ1v) is 21.5. The van der Waals surface area contributed by atoms with Crippen molar-refractivity contribution in [2.45, 2.75) is 135 Å². The number of ether oxygens (including phenoxy) is 2. The van der Waals surface area contributed by atoms with E-state index in [0.29, 0.717) is 26.1 Å². The fourth-order valence-electron chi connectivity index (χ4n) is 6.18.